The third-order valence-electron chi connectivity index (χ3n) is 3.91. The molecule has 0 spiro atoms. The first-order valence-electron chi connectivity index (χ1n) is 8.80. The first-order chi connectivity index (χ1) is 11.1. The number of rotatable bonds is 12. The van der Waals surface area contributed by atoms with Crippen molar-refractivity contribution in [3.8, 4) is 5.75 Å². The fourth-order valence-electron chi connectivity index (χ4n) is 2.47. The van der Waals surface area contributed by atoms with Crippen molar-refractivity contribution >= 4 is 17.6 Å². The molecule has 0 aliphatic heterocycles. The lowest BCUT2D eigenvalue weighted by Gasteiger charge is -2.06. The average Bonchev–Trinajstić information content (AvgIpc) is 2.55. The number of halogens is 1. The topological polar surface area (TPSA) is 46.5 Å². The van der Waals surface area contributed by atoms with Crippen LogP contribution in [0.3, 0.4) is 0 Å². The van der Waals surface area contributed by atoms with Crippen LogP contribution in [0.25, 0.3) is 0 Å². The molecule has 0 saturated heterocycles. The van der Waals surface area contributed by atoms with Gasteiger partial charge >= 0.3 is 5.97 Å². The lowest BCUT2D eigenvalue weighted by molar-refractivity contribution is 0.0497. The van der Waals surface area contributed by atoms with Crippen LogP contribution in [0.4, 0.5) is 0 Å². The summed E-state index contributed by atoms with van der Waals surface area (Å²) >= 11 is 5.77. The number of ether oxygens (including phenoxy) is 1. The van der Waals surface area contributed by atoms with Gasteiger partial charge in [-0.25, -0.2) is 4.79 Å². The molecule has 0 atom stereocenters. The highest BCUT2D eigenvalue weighted by molar-refractivity contribution is 6.32. The Balaban J connectivity index is 2.00. The Morgan fingerprint density at radius 2 is 1.57 bits per heavy atom. The van der Waals surface area contributed by atoms with Crippen molar-refractivity contribution in [2.75, 3.05) is 6.61 Å². The zero-order valence-corrected chi connectivity index (χ0v) is 14.9. The van der Waals surface area contributed by atoms with E-state index >= 15 is 0 Å². The van der Waals surface area contributed by atoms with E-state index in [2.05, 4.69) is 6.92 Å². The zero-order valence-electron chi connectivity index (χ0n) is 14.2. The molecule has 0 bridgehead atoms. The van der Waals surface area contributed by atoms with Crippen LogP contribution in [0.15, 0.2) is 18.2 Å². The van der Waals surface area contributed by atoms with Crippen molar-refractivity contribution in [1.29, 1.82) is 0 Å². The first-order valence-corrected chi connectivity index (χ1v) is 9.18. The van der Waals surface area contributed by atoms with Crippen LogP contribution in [0.1, 0.15) is 81.5 Å². The van der Waals surface area contributed by atoms with E-state index in [0.29, 0.717) is 12.2 Å². The van der Waals surface area contributed by atoms with Gasteiger partial charge in [-0.05, 0) is 24.6 Å². The van der Waals surface area contributed by atoms with Gasteiger partial charge in [-0.1, -0.05) is 76.3 Å². The molecule has 3 nitrogen and oxygen atoms in total. The maximum Gasteiger partial charge on any atom is 0.338 e. The minimum absolute atomic E-state index is 0.0297. The molecular formula is C19H29ClO3. The Labute approximate surface area is 145 Å². The molecule has 130 valence electrons. The number of aromatic hydroxyl groups is 1. The Kier molecular flexibility index (Phi) is 10.5. The molecule has 1 aromatic rings. The maximum absolute atomic E-state index is 11.8. The van der Waals surface area contributed by atoms with E-state index in [9.17, 15) is 9.90 Å². The molecule has 0 aliphatic rings. The average molecular weight is 341 g/mol. The van der Waals surface area contributed by atoms with Gasteiger partial charge in [-0.2, -0.15) is 0 Å². The molecule has 1 aromatic carbocycles. The van der Waals surface area contributed by atoms with Gasteiger partial charge in [-0.15, -0.1) is 0 Å². The summed E-state index contributed by atoms with van der Waals surface area (Å²) in [6, 6.07) is 4.35. The molecule has 1 rings (SSSR count). The number of hydrogen-bond acceptors (Lipinski definition) is 3. The Bertz CT molecular complexity index is 460. The summed E-state index contributed by atoms with van der Waals surface area (Å²) in [6.45, 7) is 2.68. The van der Waals surface area contributed by atoms with Crippen molar-refractivity contribution in [2.24, 2.45) is 0 Å². The van der Waals surface area contributed by atoms with Gasteiger partial charge in [0, 0.05) is 0 Å². The molecule has 0 aromatic heterocycles. The van der Waals surface area contributed by atoms with E-state index < -0.39 is 0 Å². The molecule has 4 heteroatoms. The van der Waals surface area contributed by atoms with E-state index in [1.54, 1.807) is 0 Å². The molecule has 0 saturated carbocycles. The third-order valence-corrected chi connectivity index (χ3v) is 4.22. The summed E-state index contributed by atoms with van der Waals surface area (Å²) in [5.41, 5.74) is 0.375. The van der Waals surface area contributed by atoms with E-state index in [1.165, 1.54) is 69.6 Å². The van der Waals surface area contributed by atoms with Crippen LogP contribution in [-0.2, 0) is 4.74 Å². The van der Waals surface area contributed by atoms with Gasteiger partial charge in [0.2, 0.25) is 0 Å². The fraction of sp³-hybridized carbons (Fsp3) is 0.632. The predicted octanol–water partition coefficient (Wildman–Crippen LogP) is 6.12. The zero-order chi connectivity index (χ0) is 16.9. The number of benzene rings is 1. The summed E-state index contributed by atoms with van der Waals surface area (Å²) in [6.07, 6.45) is 12.5. The quantitative estimate of drug-likeness (QED) is 0.368. The van der Waals surface area contributed by atoms with E-state index in [0.717, 1.165) is 12.8 Å². The summed E-state index contributed by atoms with van der Waals surface area (Å²) in [5, 5.41) is 9.48. The lowest BCUT2D eigenvalue weighted by Crippen LogP contribution is -2.06. The van der Waals surface area contributed by atoms with E-state index in [-0.39, 0.29) is 16.7 Å². The van der Waals surface area contributed by atoms with Crippen LogP contribution in [0.5, 0.6) is 5.75 Å². The second kappa shape index (κ2) is 12.2. The van der Waals surface area contributed by atoms with Gasteiger partial charge in [0.25, 0.3) is 0 Å². The van der Waals surface area contributed by atoms with Gasteiger partial charge in [0.15, 0.2) is 0 Å². The minimum Gasteiger partial charge on any atom is -0.506 e. The minimum atomic E-state index is -0.386. The molecule has 0 unspecified atom stereocenters. The standard InChI is InChI=1S/C19H29ClO3/c1-2-3-4-5-6-7-8-9-10-11-14-23-19(22)16-12-13-18(21)17(20)15-16/h12-13,15,21H,2-11,14H2,1H3. The number of hydrogen-bond donors (Lipinski definition) is 1. The normalized spacial score (nSPS) is 10.7. The van der Waals surface area contributed by atoms with Gasteiger partial charge < -0.3 is 9.84 Å². The number of phenolic OH excluding ortho intramolecular Hbond substituents is 1. The molecule has 0 heterocycles. The summed E-state index contributed by atoms with van der Waals surface area (Å²) < 4.78 is 5.22. The Hall–Kier alpha value is -1.22. The van der Waals surface area contributed by atoms with Gasteiger partial charge in [-0.3, -0.25) is 0 Å². The second-order valence-corrected chi connectivity index (χ2v) is 6.39. The monoisotopic (exact) mass is 340 g/mol. The fourth-order valence-corrected chi connectivity index (χ4v) is 2.65. The van der Waals surface area contributed by atoms with Gasteiger partial charge in [0.05, 0.1) is 17.2 Å². The molecule has 1 N–H and O–H groups in total. The highest BCUT2D eigenvalue weighted by Gasteiger charge is 2.09. The van der Waals surface area contributed by atoms with Crippen LogP contribution in [-0.4, -0.2) is 17.7 Å². The number of carbonyl (C=O) groups excluding carboxylic acids is 1. The number of carbonyl (C=O) groups is 1. The highest BCUT2D eigenvalue weighted by Crippen LogP contribution is 2.24. The smallest absolute Gasteiger partial charge is 0.338 e. The molecule has 0 aliphatic carbocycles. The summed E-state index contributed by atoms with van der Waals surface area (Å²) in [5.74, 6) is -0.416. The predicted molar refractivity (Wildman–Crippen MR) is 95.2 cm³/mol. The lowest BCUT2D eigenvalue weighted by atomic mass is 10.1. The van der Waals surface area contributed by atoms with Crippen LogP contribution in [0, 0.1) is 0 Å². The molecular weight excluding hydrogens is 312 g/mol. The van der Waals surface area contributed by atoms with Crippen molar-refractivity contribution in [3.05, 3.63) is 28.8 Å². The number of esters is 1. The maximum atomic E-state index is 11.8. The van der Waals surface area contributed by atoms with Crippen molar-refractivity contribution in [3.63, 3.8) is 0 Å². The van der Waals surface area contributed by atoms with E-state index in [4.69, 9.17) is 16.3 Å². The number of unbranched alkanes of at least 4 members (excludes halogenated alkanes) is 9. The SMILES string of the molecule is CCCCCCCCCCCCOC(=O)c1ccc(O)c(Cl)c1. The Morgan fingerprint density at radius 1 is 1.00 bits per heavy atom. The van der Waals surface area contributed by atoms with Crippen LogP contribution in [0.2, 0.25) is 5.02 Å². The second-order valence-electron chi connectivity index (χ2n) is 5.98. The van der Waals surface area contributed by atoms with Gasteiger partial charge in [0.1, 0.15) is 5.75 Å². The molecule has 0 radical (unpaired) electrons. The molecule has 23 heavy (non-hydrogen) atoms. The van der Waals surface area contributed by atoms with Crippen molar-refractivity contribution in [2.45, 2.75) is 71.1 Å². The third kappa shape index (κ3) is 8.85. The highest BCUT2D eigenvalue weighted by atomic mass is 35.5. The first kappa shape index (κ1) is 19.8. The molecule has 0 fully saturated rings. The Morgan fingerprint density at radius 3 is 2.13 bits per heavy atom. The van der Waals surface area contributed by atoms with Crippen LogP contribution >= 0.6 is 11.6 Å². The van der Waals surface area contributed by atoms with E-state index in [1.807, 2.05) is 0 Å². The summed E-state index contributed by atoms with van der Waals surface area (Å²) in [4.78, 5) is 11.8. The summed E-state index contributed by atoms with van der Waals surface area (Å²) in [7, 11) is 0. The molecule has 0 amide bonds. The van der Waals surface area contributed by atoms with Crippen molar-refractivity contribution in [1.82, 2.24) is 0 Å². The number of phenols is 1. The largest absolute Gasteiger partial charge is 0.506 e. The van der Waals surface area contributed by atoms with Crippen LogP contribution < -0.4 is 0 Å². The van der Waals surface area contributed by atoms with Crippen molar-refractivity contribution < 1.29 is 14.6 Å².